The maximum Gasteiger partial charge on any atom is 0.269 e. The zero-order valence-corrected chi connectivity index (χ0v) is 23.7. The Morgan fingerprint density at radius 3 is 2.51 bits per heavy atom. The highest BCUT2D eigenvalue weighted by molar-refractivity contribution is 7.90. The van der Waals surface area contributed by atoms with Crippen molar-refractivity contribution in [2.75, 3.05) is 31.2 Å². The molecule has 0 aliphatic carbocycles. The molecule has 0 saturated carbocycles. The zero-order chi connectivity index (χ0) is 28.7. The molecule has 0 bridgehead atoms. The van der Waals surface area contributed by atoms with E-state index in [0.717, 1.165) is 15.2 Å². The van der Waals surface area contributed by atoms with E-state index in [4.69, 9.17) is 16.3 Å². The fourth-order valence-electron chi connectivity index (χ4n) is 4.95. The lowest BCUT2D eigenvalue weighted by Gasteiger charge is -2.28. The third-order valence-corrected chi connectivity index (χ3v) is 9.11. The van der Waals surface area contributed by atoms with Crippen LogP contribution in [0.1, 0.15) is 11.1 Å². The van der Waals surface area contributed by atoms with Crippen molar-refractivity contribution in [2.24, 2.45) is 0 Å². The predicted molar refractivity (Wildman–Crippen MR) is 157 cm³/mol. The monoisotopic (exact) mass is 592 g/mol. The smallest absolute Gasteiger partial charge is 0.269 e. The molecule has 0 amide bonds. The zero-order valence-electron chi connectivity index (χ0n) is 22.1. The Balaban J connectivity index is 1.48. The molecule has 11 heteroatoms. The number of fused-ring (bicyclic) bond motifs is 1. The summed E-state index contributed by atoms with van der Waals surface area (Å²) in [5.74, 6) is -0.462. The lowest BCUT2D eigenvalue weighted by Crippen LogP contribution is -2.36. The number of anilines is 1. The standard InChI is InChI=1S/C30H26ClFN4O4S/c1-20-2-5-25(6-3-20)41(38,39)36-19-27(26-16-24(17-33-30(26)36)34-10-12-40-13-11-34)21-8-9-35(29(37)15-21)18-22-14-23(31)4-7-28(22)32/h2-9,14-17,19H,10-13,18H2,1H3. The van der Waals surface area contributed by atoms with Crippen LogP contribution in [-0.4, -0.2) is 48.2 Å². The predicted octanol–water partition coefficient (Wildman–Crippen LogP) is 5.09. The van der Waals surface area contributed by atoms with Gasteiger partial charge in [-0.2, -0.15) is 0 Å². The Bertz CT molecular complexity index is 1930. The van der Waals surface area contributed by atoms with E-state index in [9.17, 15) is 17.6 Å². The van der Waals surface area contributed by atoms with Gasteiger partial charge in [-0.3, -0.25) is 4.79 Å². The minimum atomic E-state index is -3.99. The molecular weight excluding hydrogens is 567 g/mol. The fraction of sp³-hybridized carbons (Fsp3) is 0.200. The van der Waals surface area contributed by atoms with Gasteiger partial charge in [0.1, 0.15) is 5.82 Å². The molecule has 1 saturated heterocycles. The molecule has 6 rings (SSSR count). The lowest BCUT2D eigenvalue weighted by molar-refractivity contribution is 0.122. The van der Waals surface area contributed by atoms with Gasteiger partial charge in [-0.1, -0.05) is 29.3 Å². The number of ether oxygens (including phenoxy) is 1. The van der Waals surface area contributed by atoms with Crippen LogP contribution in [0.25, 0.3) is 22.2 Å². The number of rotatable bonds is 6. The number of aromatic nitrogens is 3. The van der Waals surface area contributed by atoms with Crippen molar-refractivity contribution in [3.63, 3.8) is 0 Å². The number of morpholine rings is 1. The van der Waals surface area contributed by atoms with Gasteiger partial charge in [0.05, 0.1) is 36.5 Å². The van der Waals surface area contributed by atoms with Crippen LogP contribution in [0, 0.1) is 12.7 Å². The first-order chi connectivity index (χ1) is 19.7. The number of nitrogens with zero attached hydrogens (tertiary/aromatic N) is 4. The van der Waals surface area contributed by atoms with E-state index in [2.05, 4.69) is 9.88 Å². The van der Waals surface area contributed by atoms with Crippen molar-refractivity contribution >= 4 is 38.3 Å². The van der Waals surface area contributed by atoms with Crippen LogP contribution in [0.5, 0.6) is 0 Å². The molecule has 8 nitrogen and oxygen atoms in total. The van der Waals surface area contributed by atoms with E-state index in [1.54, 1.807) is 42.7 Å². The van der Waals surface area contributed by atoms with Crippen molar-refractivity contribution in [1.82, 2.24) is 13.5 Å². The molecule has 0 atom stereocenters. The minimum absolute atomic E-state index is 0.00218. The summed E-state index contributed by atoms with van der Waals surface area (Å²) in [7, 11) is -3.99. The molecule has 41 heavy (non-hydrogen) atoms. The van der Waals surface area contributed by atoms with E-state index in [0.29, 0.717) is 47.8 Å². The van der Waals surface area contributed by atoms with Crippen LogP contribution in [0.4, 0.5) is 10.1 Å². The highest BCUT2D eigenvalue weighted by atomic mass is 35.5. The maximum absolute atomic E-state index is 14.3. The van der Waals surface area contributed by atoms with Crippen LogP contribution in [-0.2, 0) is 21.3 Å². The SMILES string of the molecule is Cc1ccc(S(=O)(=O)n2cc(-c3ccn(Cc4cc(Cl)ccc4F)c(=O)c3)c3cc(N4CCOCC4)cnc32)cc1. The van der Waals surface area contributed by atoms with Gasteiger partial charge in [0.2, 0.25) is 0 Å². The summed E-state index contributed by atoms with van der Waals surface area (Å²) in [6.45, 7) is 4.41. The number of benzene rings is 2. The Morgan fingerprint density at radius 1 is 1.02 bits per heavy atom. The van der Waals surface area contributed by atoms with E-state index in [-0.39, 0.29) is 28.2 Å². The topological polar surface area (TPSA) is 86.4 Å². The Kier molecular flexibility index (Phi) is 7.14. The highest BCUT2D eigenvalue weighted by Crippen LogP contribution is 2.34. The first-order valence-electron chi connectivity index (χ1n) is 13.0. The molecule has 1 aliphatic rings. The number of pyridine rings is 2. The Morgan fingerprint density at radius 2 is 1.78 bits per heavy atom. The van der Waals surface area contributed by atoms with Crippen molar-refractivity contribution in [2.45, 2.75) is 18.4 Å². The van der Waals surface area contributed by atoms with E-state index in [1.807, 2.05) is 13.0 Å². The largest absolute Gasteiger partial charge is 0.378 e. The molecule has 0 spiro atoms. The van der Waals surface area contributed by atoms with Gasteiger partial charge >= 0.3 is 0 Å². The molecule has 0 radical (unpaired) electrons. The minimum Gasteiger partial charge on any atom is -0.378 e. The van der Waals surface area contributed by atoms with Crippen LogP contribution in [0.15, 0.2) is 88.9 Å². The van der Waals surface area contributed by atoms with Gasteiger partial charge < -0.3 is 14.2 Å². The van der Waals surface area contributed by atoms with Gasteiger partial charge in [0.15, 0.2) is 5.65 Å². The van der Waals surface area contributed by atoms with Gasteiger partial charge in [0.25, 0.3) is 15.6 Å². The van der Waals surface area contributed by atoms with E-state index < -0.39 is 15.8 Å². The summed E-state index contributed by atoms with van der Waals surface area (Å²) in [6.07, 6.45) is 4.73. The van der Waals surface area contributed by atoms with Gasteiger partial charge in [-0.15, -0.1) is 0 Å². The second-order valence-electron chi connectivity index (χ2n) is 9.94. The summed E-state index contributed by atoms with van der Waals surface area (Å²) >= 11 is 6.02. The maximum atomic E-state index is 14.3. The quantitative estimate of drug-likeness (QED) is 0.273. The number of aryl methyl sites for hydroxylation is 1. The Hall–Kier alpha value is -3.99. The Labute approximate surface area is 241 Å². The van der Waals surface area contributed by atoms with Crippen molar-refractivity contribution in [1.29, 1.82) is 0 Å². The van der Waals surface area contributed by atoms with Gasteiger partial charge in [0, 0.05) is 53.1 Å². The van der Waals surface area contributed by atoms with Crippen LogP contribution in [0.2, 0.25) is 5.02 Å². The molecule has 4 heterocycles. The summed E-state index contributed by atoms with van der Waals surface area (Å²) in [6, 6.07) is 15.8. The fourth-order valence-corrected chi connectivity index (χ4v) is 6.47. The molecule has 5 aromatic rings. The van der Waals surface area contributed by atoms with Gasteiger partial charge in [-0.25, -0.2) is 21.8 Å². The van der Waals surface area contributed by atoms with Crippen molar-refractivity contribution in [3.8, 4) is 11.1 Å². The highest BCUT2D eigenvalue weighted by Gasteiger charge is 2.24. The average Bonchev–Trinajstić information content (AvgIpc) is 3.36. The first kappa shape index (κ1) is 27.2. The van der Waals surface area contributed by atoms with Crippen LogP contribution in [0.3, 0.4) is 0 Å². The summed E-state index contributed by atoms with van der Waals surface area (Å²) in [5, 5.41) is 0.958. The molecular formula is C30H26ClFN4O4S. The molecule has 2 aromatic carbocycles. The number of halogens is 2. The molecule has 1 fully saturated rings. The molecule has 0 N–H and O–H groups in total. The lowest BCUT2D eigenvalue weighted by atomic mass is 10.1. The number of hydrogen-bond donors (Lipinski definition) is 0. The second-order valence-corrected chi connectivity index (χ2v) is 12.2. The van der Waals surface area contributed by atoms with Gasteiger partial charge in [-0.05, 0) is 55.0 Å². The van der Waals surface area contributed by atoms with Crippen LogP contribution < -0.4 is 10.5 Å². The summed E-state index contributed by atoms with van der Waals surface area (Å²) in [5.41, 5.74) is 2.99. The summed E-state index contributed by atoms with van der Waals surface area (Å²) < 4.78 is 49.9. The molecule has 0 unspecified atom stereocenters. The third kappa shape index (κ3) is 5.26. The van der Waals surface area contributed by atoms with Crippen LogP contribution >= 0.6 is 11.6 Å². The average molecular weight is 593 g/mol. The van der Waals surface area contributed by atoms with Crippen molar-refractivity contribution in [3.05, 3.63) is 112 Å². The first-order valence-corrected chi connectivity index (χ1v) is 14.8. The number of hydrogen-bond acceptors (Lipinski definition) is 6. The molecule has 210 valence electrons. The van der Waals surface area contributed by atoms with E-state index >= 15 is 0 Å². The molecule has 3 aromatic heterocycles. The summed E-state index contributed by atoms with van der Waals surface area (Å²) in [4.78, 5) is 20.0. The third-order valence-electron chi connectivity index (χ3n) is 7.21. The van der Waals surface area contributed by atoms with Crippen molar-refractivity contribution < 1.29 is 17.5 Å². The second kappa shape index (κ2) is 10.8. The normalized spacial score (nSPS) is 14.1. The molecule has 1 aliphatic heterocycles. The van der Waals surface area contributed by atoms with E-state index in [1.165, 1.54) is 35.0 Å².